The highest BCUT2D eigenvalue weighted by Crippen LogP contribution is 2.43. The second-order valence-electron chi connectivity index (χ2n) is 6.54. The second kappa shape index (κ2) is 6.45. The monoisotopic (exact) mass is 296 g/mol. The van der Waals surface area contributed by atoms with Gasteiger partial charge in [0.05, 0.1) is 12.3 Å². The van der Waals surface area contributed by atoms with E-state index in [1.54, 1.807) is 4.90 Å². The van der Waals surface area contributed by atoms with Gasteiger partial charge in [0.1, 0.15) is 0 Å². The molecule has 2 rings (SSSR count). The number of hydrogen-bond acceptors (Lipinski definition) is 3. The van der Waals surface area contributed by atoms with E-state index in [2.05, 4.69) is 0 Å². The highest BCUT2D eigenvalue weighted by atomic mass is 16.4. The zero-order valence-corrected chi connectivity index (χ0v) is 12.3. The zero-order valence-electron chi connectivity index (χ0n) is 12.3. The van der Waals surface area contributed by atoms with Crippen molar-refractivity contribution in [1.82, 2.24) is 4.90 Å². The maximum atomic E-state index is 12.4. The number of carboxylic acids is 1. The molecule has 1 atom stereocenters. The number of nitrogens with zero attached hydrogens (tertiary/aromatic N) is 1. The molecule has 2 aliphatic rings. The number of aliphatic carboxylic acids is 1. The summed E-state index contributed by atoms with van der Waals surface area (Å²) in [6.07, 6.45) is 5.66. The van der Waals surface area contributed by atoms with Gasteiger partial charge in [-0.3, -0.25) is 14.4 Å². The molecule has 6 nitrogen and oxygen atoms in total. The van der Waals surface area contributed by atoms with E-state index < -0.39 is 11.4 Å². The van der Waals surface area contributed by atoms with Crippen LogP contribution < -0.4 is 5.73 Å². The van der Waals surface area contributed by atoms with Gasteiger partial charge in [0, 0.05) is 19.5 Å². The van der Waals surface area contributed by atoms with Gasteiger partial charge in [-0.2, -0.15) is 0 Å². The van der Waals surface area contributed by atoms with Gasteiger partial charge in [0.15, 0.2) is 0 Å². The van der Waals surface area contributed by atoms with Crippen molar-refractivity contribution in [1.29, 1.82) is 0 Å². The minimum atomic E-state index is -0.832. The lowest BCUT2D eigenvalue weighted by Gasteiger charge is -2.36. The van der Waals surface area contributed by atoms with Crippen molar-refractivity contribution in [3.05, 3.63) is 0 Å². The van der Waals surface area contributed by atoms with Crippen LogP contribution in [0, 0.1) is 11.3 Å². The Labute approximate surface area is 124 Å². The highest BCUT2D eigenvalue weighted by molar-refractivity contribution is 5.81. The van der Waals surface area contributed by atoms with Crippen LogP contribution in [0.25, 0.3) is 0 Å². The molecule has 1 unspecified atom stereocenters. The van der Waals surface area contributed by atoms with Crippen LogP contribution in [0.3, 0.4) is 0 Å². The number of primary amides is 1. The highest BCUT2D eigenvalue weighted by Gasteiger charge is 2.39. The molecule has 21 heavy (non-hydrogen) atoms. The second-order valence-corrected chi connectivity index (χ2v) is 6.54. The summed E-state index contributed by atoms with van der Waals surface area (Å²) in [6.45, 7) is 0.937. The topological polar surface area (TPSA) is 101 Å². The minimum absolute atomic E-state index is 0.0260. The van der Waals surface area contributed by atoms with Crippen molar-refractivity contribution < 1.29 is 19.5 Å². The number of carboxylic acid groups (broad SMARTS) is 1. The van der Waals surface area contributed by atoms with Crippen molar-refractivity contribution in [2.75, 3.05) is 13.1 Å². The summed E-state index contributed by atoms with van der Waals surface area (Å²) in [5.41, 5.74) is 4.88. The Balaban J connectivity index is 1.98. The number of carbonyl (C=O) groups is 3. The number of nitrogens with two attached hydrogens (primary N) is 1. The van der Waals surface area contributed by atoms with Crippen LogP contribution in [0.5, 0.6) is 0 Å². The molecule has 1 aliphatic carbocycles. The van der Waals surface area contributed by atoms with E-state index in [4.69, 9.17) is 10.8 Å². The zero-order chi connectivity index (χ0) is 15.5. The minimum Gasteiger partial charge on any atom is -0.481 e. The van der Waals surface area contributed by atoms with Crippen molar-refractivity contribution in [3.63, 3.8) is 0 Å². The SMILES string of the molecule is NC(=O)C1CCN(C(=O)CC2(CC(=O)O)CCCCC2)C1. The number of rotatable bonds is 5. The summed E-state index contributed by atoms with van der Waals surface area (Å²) in [5.74, 6) is -1.47. The van der Waals surface area contributed by atoms with Gasteiger partial charge in [-0.05, 0) is 24.7 Å². The Morgan fingerprint density at radius 3 is 2.33 bits per heavy atom. The Morgan fingerprint density at radius 1 is 1.14 bits per heavy atom. The van der Waals surface area contributed by atoms with E-state index in [9.17, 15) is 14.4 Å². The maximum Gasteiger partial charge on any atom is 0.303 e. The van der Waals surface area contributed by atoms with Gasteiger partial charge in [0.25, 0.3) is 0 Å². The molecular formula is C15H24N2O4. The summed E-state index contributed by atoms with van der Waals surface area (Å²) in [6, 6.07) is 0. The Bertz CT molecular complexity index is 429. The predicted molar refractivity (Wildman–Crippen MR) is 76.3 cm³/mol. The first-order valence-corrected chi connectivity index (χ1v) is 7.71. The van der Waals surface area contributed by atoms with Crippen LogP contribution in [0.2, 0.25) is 0 Å². The fourth-order valence-electron chi connectivity index (χ4n) is 3.69. The van der Waals surface area contributed by atoms with Gasteiger partial charge in [-0.25, -0.2) is 0 Å². The van der Waals surface area contributed by atoms with Crippen LogP contribution >= 0.6 is 0 Å². The lowest BCUT2D eigenvalue weighted by Crippen LogP contribution is -2.37. The van der Waals surface area contributed by atoms with Crippen LogP contribution in [-0.4, -0.2) is 40.9 Å². The van der Waals surface area contributed by atoms with Crippen molar-refractivity contribution in [3.8, 4) is 0 Å². The molecule has 2 fully saturated rings. The Hall–Kier alpha value is -1.59. The molecule has 1 saturated heterocycles. The molecule has 1 aliphatic heterocycles. The third-order valence-electron chi connectivity index (χ3n) is 4.91. The van der Waals surface area contributed by atoms with Gasteiger partial charge < -0.3 is 15.7 Å². The van der Waals surface area contributed by atoms with Gasteiger partial charge in [0.2, 0.25) is 11.8 Å². The van der Waals surface area contributed by atoms with E-state index >= 15 is 0 Å². The van der Waals surface area contributed by atoms with E-state index in [-0.39, 0.29) is 30.6 Å². The third-order valence-corrected chi connectivity index (χ3v) is 4.91. The Morgan fingerprint density at radius 2 is 1.81 bits per heavy atom. The smallest absolute Gasteiger partial charge is 0.303 e. The average Bonchev–Trinajstić information content (AvgIpc) is 2.88. The third kappa shape index (κ3) is 3.95. The van der Waals surface area contributed by atoms with Crippen molar-refractivity contribution in [2.45, 2.75) is 51.4 Å². The van der Waals surface area contributed by atoms with Crippen molar-refractivity contribution in [2.24, 2.45) is 17.1 Å². The van der Waals surface area contributed by atoms with Gasteiger partial charge in [-0.1, -0.05) is 19.3 Å². The number of hydrogen-bond donors (Lipinski definition) is 2. The normalized spacial score (nSPS) is 24.8. The molecule has 6 heteroatoms. The molecule has 1 heterocycles. The van der Waals surface area contributed by atoms with E-state index in [0.717, 1.165) is 32.1 Å². The summed E-state index contributed by atoms with van der Waals surface area (Å²) in [4.78, 5) is 36.4. The average molecular weight is 296 g/mol. The summed E-state index contributed by atoms with van der Waals surface area (Å²) in [7, 11) is 0. The first-order chi connectivity index (χ1) is 9.92. The summed E-state index contributed by atoms with van der Waals surface area (Å²) >= 11 is 0. The standard InChI is InChI=1S/C15H24N2O4/c16-14(21)11-4-7-17(10-11)12(18)8-15(9-13(19)20)5-2-1-3-6-15/h11H,1-10H2,(H2,16,21)(H,19,20). The lowest BCUT2D eigenvalue weighted by molar-refractivity contribution is -0.142. The number of likely N-dealkylation sites (tertiary alicyclic amines) is 1. The van der Waals surface area contributed by atoms with Crippen LogP contribution in [0.4, 0.5) is 0 Å². The molecule has 0 bridgehead atoms. The first-order valence-electron chi connectivity index (χ1n) is 7.71. The van der Waals surface area contributed by atoms with Gasteiger partial charge in [-0.15, -0.1) is 0 Å². The Kier molecular flexibility index (Phi) is 4.85. The molecule has 0 radical (unpaired) electrons. The molecule has 118 valence electrons. The van der Waals surface area contributed by atoms with E-state index in [0.29, 0.717) is 19.5 Å². The number of amides is 2. The van der Waals surface area contributed by atoms with Crippen molar-refractivity contribution >= 4 is 17.8 Å². The van der Waals surface area contributed by atoms with Crippen LogP contribution in [-0.2, 0) is 14.4 Å². The fraction of sp³-hybridized carbons (Fsp3) is 0.800. The van der Waals surface area contributed by atoms with E-state index in [1.165, 1.54) is 0 Å². The fourth-order valence-corrected chi connectivity index (χ4v) is 3.69. The molecule has 3 N–H and O–H groups in total. The molecule has 0 aromatic heterocycles. The summed E-state index contributed by atoms with van der Waals surface area (Å²) < 4.78 is 0. The first kappa shape index (κ1) is 15.8. The van der Waals surface area contributed by atoms with Crippen LogP contribution in [0.15, 0.2) is 0 Å². The summed E-state index contributed by atoms with van der Waals surface area (Å²) in [5, 5.41) is 9.14. The van der Waals surface area contributed by atoms with E-state index in [1.807, 2.05) is 0 Å². The number of carbonyl (C=O) groups excluding carboxylic acids is 2. The molecular weight excluding hydrogens is 272 g/mol. The van der Waals surface area contributed by atoms with Gasteiger partial charge >= 0.3 is 5.97 Å². The molecule has 0 spiro atoms. The lowest BCUT2D eigenvalue weighted by atomic mass is 9.69. The molecule has 0 aromatic rings. The molecule has 1 saturated carbocycles. The largest absolute Gasteiger partial charge is 0.481 e. The quantitative estimate of drug-likeness (QED) is 0.794. The van der Waals surface area contributed by atoms with Crippen LogP contribution in [0.1, 0.15) is 51.4 Å². The maximum absolute atomic E-state index is 12.4. The molecule has 2 amide bonds. The predicted octanol–water partition coefficient (Wildman–Crippen LogP) is 1.14. The molecule has 0 aromatic carbocycles.